The molecule has 0 aliphatic heterocycles. The minimum Gasteiger partial charge on any atom is -0.508 e. The average molecular weight is 292 g/mol. The summed E-state index contributed by atoms with van der Waals surface area (Å²) in [7, 11) is 0. The number of hydrogen-bond acceptors (Lipinski definition) is 4. The van der Waals surface area contributed by atoms with Gasteiger partial charge in [0.2, 0.25) is 0 Å². The van der Waals surface area contributed by atoms with E-state index < -0.39 is 0 Å². The highest BCUT2D eigenvalue weighted by atomic mass is 16.5. The van der Waals surface area contributed by atoms with E-state index in [1.165, 1.54) is 0 Å². The molecular weight excluding hydrogens is 276 g/mol. The molecule has 3 rings (SSSR count). The molecule has 0 fully saturated rings. The third-order valence-corrected chi connectivity index (χ3v) is 3.13. The number of hydrogen-bond donors (Lipinski definition) is 2. The highest BCUT2D eigenvalue weighted by Gasteiger charge is 1.99. The number of aromatic nitrogens is 1. The van der Waals surface area contributed by atoms with Crippen molar-refractivity contribution >= 4 is 5.69 Å². The molecule has 4 nitrogen and oxygen atoms in total. The predicted octanol–water partition coefficient (Wildman–Crippen LogP) is 4.19. The molecule has 0 unspecified atom stereocenters. The fourth-order valence-electron chi connectivity index (χ4n) is 1.99. The summed E-state index contributed by atoms with van der Waals surface area (Å²) >= 11 is 0. The highest BCUT2D eigenvalue weighted by molar-refractivity contribution is 5.47. The van der Waals surface area contributed by atoms with Crippen LogP contribution in [0.1, 0.15) is 5.69 Å². The maximum absolute atomic E-state index is 9.24. The van der Waals surface area contributed by atoms with Crippen LogP contribution in [-0.4, -0.2) is 10.1 Å². The van der Waals surface area contributed by atoms with E-state index in [2.05, 4.69) is 10.3 Å². The Balaban J connectivity index is 1.59. The molecule has 0 bridgehead atoms. The fourth-order valence-corrected chi connectivity index (χ4v) is 1.99. The maximum atomic E-state index is 9.24. The number of nitrogens with one attached hydrogen (secondary N) is 1. The van der Waals surface area contributed by atoms with E-state index in [1.807, 2.05) is 42.5 Å². The lowest BCUT2D eigenvalue weighted by atomic mass is 10.3. The molecule has 0 amide bonds. The zero-order valence-electron chi connectivity index (χ0n) is 11.9. The Kier molecular flexibility index (Phi) is 4.20. The minimum absolute atomic E-state index is 0.224. The number of ether oxygens (including phenoxy) is 1. The number of aromatic hydroxyl groups is 1. The monoisotopic (exact) mass is 292 g/mol. The van der Waals surface area contributed by atoms with Crippen LogP contribution >= 0.6 is 0 Å². The van der Waals surface area contributed by atoms with Gasteiger partial charge in [-0.2, -0.15) is 0 Å². The molecule has 3 aromatic rings. The van der Waals surface area contributed by atoms with Crippen molar-refractivity contribution in [3.05, 3.63) is 78.6 Å². The van der Waals surface area contributed by atoms with Gasteiger partial charge in [-0.15, -0.1) is 0 Å². The smallest absolute Gasteiger partial charge is 0.127 e. The van der Waals surface area contributed by atoms with Gasteiger partial charge in [0, 0.05) is 11.9 Å². The Morgan fingerprint density at radius 2 is 1.55 bits per heavy atom. The van der Waals surface area contributed by atoms with Crippen molar-refractivity contribution in [1.29, 1.82) is 0 Å². The lowest BCUT2D eigenvalue weighted by Gasteiger charge is -2.08. The van der Waals surface area contributed by atoms with Crippen LogP contribution in [-0.2, 0) is 6.54 Å². The van der Waals surface area contributed by atoms with E-state index in [9.17, 15) is 5.11 Å². The summed E-state index contributed by atoms with van der Waals surface area (Å²) < 4.78 is 5.70. The van der Waals surface area contributed by atoms with Gasteiger partial charge in [0.1, 0.15) is 17.2 Å². The standard InChI is InChI=1S/C18H16N2O2/c21-16-6-10-18(11-7-16)22-17-8-4-14(5-9-17)20-13-15-3-1-2-12-19-15/h1-12,20-21H,13H2. The molecule has 1 aromatic heterocycles. The first-order chi connectivity index (χ1) is 10.8. The molecule has 0 saturated carbocycles. The van der Waals surface area contributed by atoms with Gasteiger partial charge in [-0.1, -0.05) is 6.07 Å². The molecule has 1 heterocycles. The molecule has 2 N–H and O–H groups in total. The normalized spacial score (nSPS) is 10.2. The zero-order chi connectivity index (χ0) is 15.2. The van der Waals surface area contributed by atoms with Crippen LogP contribution < -0.4 is 10.1 Å². The Bertz CT molecular complexity index is 710. The van der Waals surface area contributed by atoms with Gasteiger partial charge in [0.25, 0.3) is 0 Å². The van der Waals surface area contributed by atoms with Crippen molar-refractivity contribution in [2.45, 2.75) is 6.54 Å². The van der Waals surface area contributed by atoms with Crippen molar-refractivity contribution in [3.63, 3.8) is 0 Å². The fraction of sp³-hybridized carbons (Fsp3) is 0.0556. The summed E-state index contributed by atoms with van der Waals surface area (Å²) in [4.78, 5) is 4.27. The molecule has 2 aromatic carbocycles. The molecule has 0 aliphatic carbocycles. The van der Waals surface area contributed by atoms with E-state index in [0.29, 0.717) is 12.3 Å². The van der Waals surface area contributed by atoms with Crippen LogP contribution in [0.5, 0.6) is 17.2 Å². The van der Waals surface area contributed by atoms with E-state index >= 15 is 0 Å². The largest absolute Gasteiger partial charge is 0.508 e. The number of anilines is 1. The minimum atomic E-state index is 0.224. The third-order valence-electron chi connectivity index (χ3n) is 3.13. The number of phenols is 1. The van der Waals surface area contributed by atoms with Crippen molar-refractivity contribution in [2.75, 3.05) is 5.32 Å². The number of phenolic OH excluding ortho intramolecular Hbond substituents is 1. The second kappa shape index (κ2) is 6.63. The predicted molar refractivity (Wildman–Crippen MR) is 86.2 cm³/mol. The Morgan fingerprint density at radius 1 is 0.864 bits per heavy atom. The quantitative estimate of drug-likeness (QED) is 0.740. The summed E-state index contributed by atoms with van der Waals surface area (Å²) in [5, 5.41) is 12.6. The van der Waals surface area contributed by atoms with Crippen molar-refractivity contribution < 1.29 is 9.84 Å². The summed E-state index contributed by atoms with van der Waals surface area (Å²) in [5.41, 5.74) is 2.00. The highest BCUT2D eigenvalue weighted by Crippen LogP contribution is 2.24. The molecule has 0 aliphatic rings. The number of nitrogens with zero attached hydrogens (tertiary/aromatic N) is 1. The van der Waals surface area contributed by atoms with E-state index in [4.69, 9.17) is 4.74 Å². The summed E-state index contributed by atoms with van der Waals surface area (Å²) in [6, 6.07) is 20.2. The molecule has 0 saturated heterocycles. The summed E-state index contributed by atoms with van der Waals surface area (Å²) in [6.07, 6.45) is 1.78. The third kappa shape index (κ3) is 3.76. The lowest BCUT2D eigenvalue weighted by molar-refractivity contribution is 0.464. The van der Waals surface area contributed by atoms with Crippen LogP contribution in [0, 0.1) is 0 Å². The number of rotatable bonds is 5. The molecule has 110 valence electrons. The van der Waals surface area contributed by atoms with Gasteiger partial charge in [0.15, 0.2) is 0 Å². The number of pyridine rings is 1. The van der Waals surface area contributed by atoms with Gasteiger partial charge in [-0.3, -0.25) is 4.98 Å². The molecule has 0 atom stereocenters. The maximum Gasteiger partial charge on any atom is 0.127 e. The Hall–Kier alpha value is -3.01. The van der Waals surface area contributed by atoms with E-state index in [-0.39, 0.29) is 5.75 Å². The molecular formula is C18H16N2O2. The van der Waals surface area contributed by atoms with Crippen molar-refractivity contribution in [3.8, 4) is 17.2 Å². The van der Waals surface area contributed by atoms with Crippen LogP contribution in [0.4, 0.5) is 5.69 Å². The average Bonchev–Trinajstić information content (AvgIpc) is 2.57. The van der Waals surface area contributed by atoms with E-state index in [1.54, 1.807) is 30.5 Å². The Labute approximate surface area is 129 Å². The first kappa shape index (κ1) is 13.9. The number of benzene rings is 2. The van der Waals surface area contributed by atoms with Gasteiger partial charge < -0.3 is 15.2 Å². The summed E-state index contributed by atoms with van der Waals surface area (Å²) in [6.45, 7) is 0.680. The van der Waals surface area contributed by atoms with Gasteiger partial charge in [0.05, 0.1) is 12.2 Å². The lowest BCUT2D eigenvalue weighted by Crippen LogP contribution is -2.00. The second-order valence-electron chi connectivity index (χ2n) is 4.79. The van der Waals surface area contributed by atoms with Gasteiger partial charge in [-0.05, 0) is 60.7 Å². The molecule has 22 heavy (non-hydrogen) atoms. The molecule has 0 spiro atoms. The van der Waals surface area contributed by atoms with Crippen LogP contribution in [0.15, 0.2) is 72.9 Å². The van der Waals surface area contributed by atoms with Crippen molar-refractivity contribution in [1.82, 2.24) is 4.98 Å². The van der Waals surface area contributed by atoms with Gasteiger partial charge in [-0.25, -0.2) is 0 Å². The van der Waals surface area contributed by atoms with Crippen LogP contribution in [0.2, 0.25) is 0 Å². The van der Waals surface area contributed by atoms with E-state index in [0.717, 1.165) is 17.1 Å². The first-order valence-electron chi connectivity index (χ1n) is 7.00. The van der Waals surface area contributed by atoms with Gasteiger partial charge >= 0.3 is 0 Å². The second-order valence-corrected chi connectivity index (χ2v) is 4.79. The van der Waals surface area contributed by atoms with Crippen LogP contribution in [0.3, 0.4) is 0 Å². The van der Waals surface area contributed by atoms with Crippen LogP contribution in [0.25, 0.3) is 0 Å². The molecule has 0 radical (unpaired) electrons. The molecule has 4 heteroatoms. The Morgan fingerprint density at radius 3 is 2.18 bits per heavy atom. The SMILES string of the molecule is Oc1ccc(Oc2ccc(NCc3ccccn3)cc2)cc1. The topological polar surface area (TPSA) is 54.4 Å². The first-order valence-corrected chi connectivity index (χ1v) is 7.00. The summed E-state index contributed by atoms with van der Waals surface area (Å²) in [5.74, 6) is 1.66. The van der Waals surface area contributed by atoms with Crippen molar-refractivity contribution in [2.24, 2.45) is 0 Å². The zero-order valence-corrected chi connectivity index (χ0v) is 11.9.